The molecule has 0 radical (unpaired) electrons. The van der Waals surface area contributed by atoms with Gasteiger partial charge in [0.2, 0.25) is 0 Å². The van der Waals surface area contributed by atoms with Gasteiger partial charge in [-0.15, -0.1) is 0 Å². The summed E-state index contributed by atoms with van der Waals surface area (Å²) < 4.78 is 2.17. The van der Waals surface area contributed by atoms with E-state index in [1.54, 1.807) is 0 Å². The third kappa shape index (κ3) is 3.16. The first-order valence-corrected chi connectivity index (χ1v) is 6.40. The van der Waals surface area contributed by atoms with Crippen molar-refractivity contribution in [1.29, 1.82) is 0 Å². The minimum atomic E-state index is -0.737. The number of benzene rings is 1. The normalized spacial score (nSPS) is 12.4. The molecule has 1 aromatic carbocycles. The number of aromatic nitrogens is 1. The van der Waals surface area contributed by atoms with E-state index in [0.29, 0.717) is 6.54 Å². The maximum Gasteiger partial charge on any atom is 0.0942 e. The van der Waals surface area contributed by atoms with Gasteiger partial charge in [0.1, 0.15) is 0 Å². The van der Waals surface area contributed by atoms with Gasteiger partial charge in [-0.3, -0.25) is 0 Å². The molecule has 0 saturated heterocycles. The standard InChI is InChI=1S/C15H20N2O2/c1-11-6-7-12(2)17(11)14-5-3-4-13(8-14)16-9-15(19)10-18/h3-8,15-16,18-19H,9-10H2,1-2H3. The molecule has 1 atom stereocenters. The van der Waals surface area contributed by atoms with E-state index in [0.717, 1.165) is 11.4 Å². The number of hydrogen-bond acceptors (Lipinski definition) is 3. The van der Waals surface area contributed by atoms with E-state index in [4.69, 9.17) is 5.11 Å². The average molecular weight is 260 g/mol. The van der Waals surface area contributed by atoms with Crippen molar-refractivity contribution in [2.24, 2.45) is 0 Å². The zero-order valence-electron chi connectivity index (χ0n) is 11.3. The van der Waals surface area contributed by atoms with Gasteiger partial charge in [-0.1, -0.05) is 6.07 Å². The Morgan fingerprint density at radius 1 is 1.16 bits per heavy atom. The largest absolute Gasteiger partial charge is 0.394 e. The number of rotatable bonds is 5. The quantitative estimate of drug-likeness (QED) is 0.769. The summed E-state index contributed by atoms with van der Waals surface area (Å²) in [5.41, 5.74) is 4.39. The lowest BCUT2D eigenvalue weighted by atomic mass is 10.2. The second-order valence-corrected chi connectivity index (χ2v) is 4.72. The molecule has 0 aliphatic rings. The Kier molecular flexibility index (Phi) is 4.24. The van der Waals surface area contributed by atoms with E-state index >= 15 is 0 Å². The van der Waals surface area contributed by atoms with Gasteiger partial charge in [0.05, 0.1) is 12.7 Å². The third-order valence-electron chi connectivity index (χ3n) is 3.13. The van der Waals surface area contributed by atoms with E-state index < -0.39 is 6.10 Å². The lowest BCUT2D eigenvalue weighted by Crippen LogP contribution is -2.22. The molecular weight excluding hydrogens is 240 g/mol. The van der Waals surface area contributed by atoms with E-state index in [9.17, 15) is 5.11 Å². The van der Waals surface area contributed by atoms with Crippen molar-refractivity contribution in [2.75, 3.05) is 18.5 Å². The lowest BCUT2D eigenvalue weighted by molar-refractivity contribution is 0.105. The van der Waals surface area contributed by atoms with Crippen molar-refractivity contribution in [3.63, 3.8) is 0 Å². The second kappa shape index (κ2) is 5.91. The predicted octanol–water partition coefficient (Wildman–Crippen LogP) is 1.86. The Morgan fingerprint density at radius 3 is 2.47 bits per heavy atom. The zero-order chi connectivity index (χ0) is 13.8. The molecule has 2 rings (SSSR count). The molecule has 0 amide bonds. The molecule has 1 unspecified atom stereocenters. The second-order valence-electron chi connectivity index (χ2n) is 4.72. The molecule has 0 saturated carbocycles. The average Bonchev–Trinajstić information content (AvgIpc) is 2.75. The molecule has 0 aliphatic heterocycles. The van der Waals surface area contributed by atoms with Crippen LogP contribution in [0.4, 0.5) is 5.69 Å². The SMILES string of the molecule is Cc1ccc(C)n1-c1cccc(NCC(O)CO)c1. The van der Waals surface area contributed by atoms with Crippen LogP contribution in [0, 0.1) is 13.8 Å². The molecule has 2 aromatic rings. The predicted molar refractivity (Wildman–Crippen MR) is 76.8 cm³/mol. The lowest BCUT2D eigenvalue weighted by Gasteiger charge is -2.13. The molecule has 4 nitrogen and oxygen atoms in total. The molecule has 0 spiro atoms. The minimum Gasteiger partial charge on any atom is -0.394 e. The first-order chi connectivity index (χ1) is 9.11. The monoisotopic (exact) mass is 260 g/mol. The number of aliphatic hydroxyl groups excluding tert-OH is 2. The Hall–Kier alpha value is -1.78. The molecule has 1 aromatic heterocycles. The van der Waals surface area contributed by atoms with Gasteiger partial charge in [0.15, 0.2) is 0 Å². The van der Waals surface area contributed by atoms with Gasteiger partial charge >= 0.3 is 0 Å². The summed E-state index contributed by atoms with van der Waals surface area (Å²) in [7, 11) is 0. The maximum absolute atomic E-state index is 9.34. The van der Waals surface area contributed by atoms with Crippen LogP contribution in [0.25, 0.3) is 5.69 Å². The van der Waals surface area contributed by atoms with Crippen LogP contribution >= 0.6 is 0 Å². The number of aryl methyl sites for hydroxylation is 2. The van der Waals surface area contributed by atoms with Gasteiger partial charge in [0.25, 0.3) is 0 Å². The van der Waals surface area contributed by atoms with Crippen LogP contribution in [0.15, 0.2) is 36.4 Å². The first-order valence-electron chi connectivity index (χ1n) is 6.40. The number of anilines is 1. The highest BCUT2D eigenvalue weighted by Crippen LogP contribution is 2.19. The number of aliphatic hydroxyl groups is 2. The first kappa shape index (κ1) is 13.6. The van der Waals surface area contributed by atoms with Crippen molar-refractivity contribution in [3.05, 3.63) is 47.8 Å². The summed E-state index contributed by atoms with van der Waals surface area (Å²) in [4.78, 5) is 0. The van der Waals surface area contributed by atoms with Crippen LogP contribution < -0.4 is 5.32 Å². The summed E-state index contributed by atoms with van der Waals surface area (Å²) in [5, 5.41) is 21.3. The molecular formula is C15H20N2O2. The minimum absolute atomic E-state index is 0.234. The molecule has 1 heterocycles. The van der Waals surface area contributed by atoms with Crippen LogP contribution in [0.5, 0.6) is 0 Å². The topological polar surface area (TPSA) is 57.4 Å². The van der Waals surface area contributed by atoms with E-state index in [1.165, 1.54) is 11.4 Å². The Bertz CT molecular complexity index is 529. The van der Waals surface area contributed by atoms with Crippen LogP contribution in [0.2, 0.25) is 0 Å². The van der Waals surface area contributed by atoms with E-state index in [2.05, 4.69) is 35.9 Å². The van der Waals surface area contributed by atoms with Crippen molar-refractivity contribution < 1.29 is 10.2 Å². The Morgan fingerprint density at radius 2 is 1.84 bits per heavy atom. The van der Waals surface area contributed by atoms with Gasteiger partial charge in [-0.2, -0.15) is 0 Å². The molecule has 0 aliphatic carbocycles. The summed E-state index contributed by atoms with van der Waals surface area (Å²) in [6, 6.07) is 12.2. The third-order valence-corrected chi connectivity index (χ3v) is 3.13. The fourth-order valence-electron chi connectivity index (χ4n) is 2.13. The number of nitrogens with zero attached hydrogens (tertiary/aromatic N) is 1. The fraction of sp³-hybridized carbons (Fsp3) is 0.333. The van der Waals surface area contributed by atoms with Crippen LogP contribution in [-0.2, 0) is 0 Å². The molecule has 19 heavy (non-hydrogen) atoms. The van der Waals surface area contributed by atoms with Crippen LogP contribution in [0.3, 0.4) is 0 Å². The van der Waals surface area contributed by atoms with Crippen molar-refractivity contribution in [2.45, 2.75) is 20.0 Å². The maximum atomic E-state index is 9.34. The Balaban J connectivity index is 2.20. The van der Waals surface area contributed by atoms with Crippen LogP contribution in [-0.4, -0.2) is 34.0 Å². The summed E-state index contributed by atoms with van der Waals surface area (Å²) in [6.07, 6.45) is -0.737. The van der Waals surface area contributed by atoms with Gasteiger partial charge in [0, 0.05) is 29.3 Å². The fourth-order valence-corrected chi connectivity index (χ4v) is 2.13. The molecule has 0 fully saturated rings. The summed E-state index contributed by atoms with van der Waals surface area (Å²) >= 11 is 0. The van der Waals surface area contributed by atoms with E-state index in [1.807, 2.05) is 24.3 Å². The summed E-state index contributed by atoms with van der Waals surface area (Å²) in [6.45, 7) is 4.25. The zero-order valence-corrected chi connectivity index (χ0v) is 11.3. The highest BCUT2D eigenvalue weighted by molar-refractivity contribution is 5.52. The molecule has 0 bridgehead atoms. The van der Waals surface area contributed by atoms with Crippen molar-refractivity contribution in [1.82, 2.24) is 4.57 Å². The van der Waals surface area contributed by atoms with E-state index in [-0.39, 0.29) is 6.61 Å². The number of nitrogens with one attached hydrogen (secondary N) is 1. The smallest absolute Gasteiger partial charge is 0.0942 e. The summed E-state index contributed by atoms with van der Waals surface area (Å²) in [5.74, 6) is 0. The highest BCUT2D eigenvalue weighted by Gasteiger charge is 2.05. The highest BCUT2D eigenvalue weighted by atomic mass is 16.3. The van der Waals surface area contributed by atoms with Crippen LogP contribution in [0.1, 0.15) is 11.4 Å². The molecule has 4 heteroatoms. The molecule has 102 valence electrons. The Labute approximate surface area is 113 Å². The van der Waals surface area contributed by atoms with Gasteiger partial charge in [-0.05, 0) is 44.2 Å². The number of hydrogen-bond donors (Lipinski definition) is 3. The van der Waals surface area contributed by atoms with Gasteiger partial charge in [-0.25, -0.2) is 0 Å². The molecule has 3 N–H and O–H groups in total. The van der Waals surface area contributed by atoms with Crippen molar-refractivity contribution in [3.8, 4) is 5.69 Å². The van der Waals surface area contributed by atoms with Gasteiger partial charge < -0.3 is 20.1 Å². The van der Waals surface area contributed by atoms with Crippen molar-refractivity contribution >= 4 is 5.69 Å².